The van der Waals surface area contributed by atoms with E-state index in [-0.39, 0.29) is 12.3 Å². The average Bonchev–Trinajstić information content (AvgIpc) is 2.23. The van der Waals surface area contributed by atoms with Gasteiger partial charge >= 0.3 is 12.1 Å². The Balaban J connectivity index is 4.08. The Hall–Kier alpha value is -1.79. The summed E-state index contributed by atoms with van der Waals surface area (Å²) in [6.45, 7) is 7.03. The molecular formula is C13H24N2O5. The van der Waals surface area contributed by atoms with Crippen LogP contribution in [0.3, 0.4) is 0 Å². The van der Waals surface area contributed by atoms with Crippen LogP contribution < -0.4 is 10.6 Å². The number of carbonyl (C=O) groups excluding carboxylic acids is 2. The van der Waals surface area contributed by atoms with Gasteiger partial charge in [0.15, 0.2) is 0 Å². The van der Waals surface area contributed by atoms with E-state index in [4.69, 9.17) is 9.84 Å². The molecule has 7 heteroatoms. The average molecular weight is 288 g/mol. The van der Waals surface area contributed by atoms with Crippen molar-refractivity contribution in [1.82, 2.24) is 10.6 Å². The largest absolute Gasteiger partial charge is 0.480 e. The van der Waals surface area contributed by atoms with Crippen molar-refractivity contribution in [2.24, 2.45) is 0 Å². The van der Waals surface area contributed by atoms with Gasteiger partial charge in [0.1, 0.15) is 11.6 Å². The second-order valence-corrected chi connectivity index (χ2v) is 5.52. The van der Waals surface area contributed by atoms with E-state index in [2.05, 4.69) is 10.6 Å². The number of hydrogen-bond acceptors (Lipinski definition) is 4. The zero-order valence-corrected chi connectivity index (χ0v) is 12.5. The molecule has 3 N–H and O–H groups in total. The summed E-state index contributed by atoms with van der Waals surface area (Å²) in [6, 6.07) is -0.984. The molecule has 0 saturated heterocycles. The molecule has 2 amide bonds. The Morgan fingerprint density at radius 3 is 2.25 bits per heavy atom. The maximum absolute atomic E-state index is 11.5. The molecule has 0 aliphatic heterocycles. The molecule has 116 valence electrons. The third-order valence-corrected chi connectivity index (χ3v) is 2.28. The van der Waals surface area contributed by atoms with Crippen LogP contribution in [0.15, 0.2) is 0 Å². The summed E-state index contributed by atoms with van der Waals surface area (Å²) in [6.07, 6.45) is 0.771. The van der Waals surface area contributed by atoms with E-state index in [0.717, 1.165) is 0 Å². The molecule has 20 heavy (non-hydrogen) atoms. The number of carbonyl (C=O) groups is 3. The lowest BCUT2D eigenvalue weighted by Crippen LogP contribution is -2.43. The number of unbranched alkanes of at least 4 members (excludes halogenated alkanes) is 1. The van der Waals surface area contributed by atoms with Crippen LogP contribution in [0, 0.1) is 0 Å². The first-order valence-electron chi connectivity index (χ1n) is 6.58. The van der Waals surface area contributed by atoms with Gasteiger partial charge in [0.05, 0.1) is 0 Å². The van der Waals surface area contributed by atoms with E-state index in [9.17, 15) is 14.4 Å². The highest BCUT2D eigenvalue weighted by molar-refractivity contribution is 5.79. The summed E-state index contributed by atoms with van der Waals surface area (Å²) >= 11 is 0. The van der Waals surface area contributed by atoms with Crippen molar-refractivity contribution in [3.05, 3.63) is 0 Å². The van der Waals surface area contributed by atoms with Crippen molar-refractivity contribution in [1.29, 1.82) is 0 Å². The lowest BCUT2D eigenvalue weighted by Gasteiger charge is -2.22. The molecule has 0 aromatic rings. The summed E-state index contributed by atoms with van der Waals surface area (Å²) in [4.78, 5) is 33.2. The first kappa shape index (κ1) is 18.2. The Morgan fingerprint density at radius 1 is 1.20 bits per heavy atom. The number of alkyl carbamates (subject to hydrolysis) is 1. The Morgan fingerprint density at radius 2 is 1.80 bits per heavy atom. The van der Waals surface area contributed by atoms with E-state index < -0.39 is 23.7 Å². The van der Waals surface area contributed by atoms with Gasteiger partial charge in [-0.1, -0.05) is 0 Å². The van der Waals surface area contributed by atoms with Crippen molar-refractivity contribution in [3.8, 4) is 0 Å². The van der Waals surface area contributed by atoms with Crippen LogP contribution in [0.5, 0.6) is 0 Å². The minimum Gasteiger partial charge on any atom is -0.480 e. The molecule has 0 aliphatic rings. The predicted molar refractivity (Wildman–Crippen MR) is 73.3 cm³/mol. The summed E-state index contributed by atoms with van der Waals surface area (Å²) in [5.41, 5.74) is -0.668. The number of amides is 2. The lowest BCUT2D eigenvalue weighted by molar-refractivity contribution is -0.139. The van der Waals surface area contributed by atoms with Gasteiger partial charge < -0.3 is 20.5 Å². The number of rotatable bonds is 7. The summed E-state index contributed by atoms with van der Waals surface area (Å²) in [7, 11) is 0. The predicted octanol–water partition coefficient (Wildman–Crippen LogP) is 1.27. The number of hydrogen-bond donors (Lipinski definition) is 3. The highest BCUT2D eigenvalue weighted by Gasteiger charge is 2.23. The van der Waals surface area contributed by atoms with Crippen LogP contribution >= 0.6 is 0 Å². The fourth-order valence-electron chi connectivity index (χ4n) is 1.45. The minimum atomic E-state index is -1.10. The van der Waals surface area contributed by atoms with Gasteiger partial charge in [0.25, 0.3) is 0 Å². The van der Waals surface area contributed by atoms with Crippen molar-refractivity contribution in [3.63, 3.8) is 0 Å². The summed E-state index contributed by atoms with van der Waals surface area (Å²) in [5, 5.41) is 14.0. The molecule has 0 bridgehead atoms. The lowest BCUT2D eigenvalue weighted by atomic mass is 10.1. The van der Waals surface area contributed by atoms with Crippen LogP contribution in [0.4, 0.5) is 4.79 Å². The molecule has 0 rings (SSSR count). The topological polar surface area (TPSA) is 105 Å². The monoisotopic (exact) mass is 288 g/mol. The van der Waals surface area contributed by atoms with Crippen LogP contribution in [-0.2, 0) is 14.3 Å². The third kappa shape index (κ3) is 10.2. The molecule has 0 aliphatic carbocycles. The van der Waals surface area contributed by atoms with Gasteiger partial charge in [-0.2, -0.15) is 0 Å². The Kier molecular flexibility index (Phi) is 7.64. The number of nitrogens with one attached hydrogen (secondary N) is 2. The smallest absolute Gasteiger partial charge is 0.408 e. The van der Waals surface area contributed by atoms with Gasteiger partial charge in [0, 0.05) is 13.5 Å². The SMILES string of the molecule is CC(=O)NCCCC[C@H](NC(=O)OC(C)(C)C)C(=O)O. The van der Waals surface area contributed by atoms with E-state index in [1.165, 1.54) is 6.92 Å². The Bertz CT molecular complexity index is 349. The first-order chi connectivity index (χ1) is 9.11. The van der Waals surface area contributed by atoms with Crippen LogP contribution in [0.2, 0.25) is 0 Å². The molecule has 0 unspecified atom stereocenters. The van der Waals surface area contributed by atoms with E-state index in [0.29, 0.717) is 19.4 Å². The van der Waals surface area contributed by atoms with Crippen LogP contribution in [0.25, 0.3) is 0 Å². The molecule has 0 saturated carbocycles. The van der Waals surface area contributed by atoms with Gasteiger partial charge in [-0.05, 0) is 40.0 Å². The van der Waals surface area contributed by atoms with Gasteiger partial charge in [0.2, 0.25) is 5.91 Å². The molecule has 1 atom stereocenters. The second kappa shape index (κ2) is 8.39. The molecule has 0 heterocycles. The highest BCUT2D eigenvalue weighted by atomic mass is 16.6. The van der Waals surface area contributed by atoms with Crippen LogP contribution in [-0.4, -0.2) is 41.3 Å². The van der Waals surface area contributed by atoms with E-state index in [1.54, 1.807) is 20.8 Å². The molecule has 0 fully saturated rings. The summed E-state index contributed by atoms with van der Waals surface area (Å²) < 4.78 is 5.01. The first-order valence-corrected chi connectivity index (χ1v) is 6.58. The third-order valence-electron chi connectivity index (χ3n) is 2.28. The minimum absolute atomic E-state index is 0.119. The fraction of sp³-hybridized carbons (Fsp3) is 0.769. The van der Waals surface area contributed by atoms with Crippen molar-refractivity contribution in [2.45, 2.75) is 58.6 Å². The standard InChI is InChI=1S/C13H24N2O5/c1-9(16)14-8-6-5-7-10(11(17)18)15-12(19)20-13(2,3)4/h10H,5-8H2,1-4H3,(H,14,16)(H,15,19)(H,17,18)/t10-/m0/s1. The van der Waals surface area contributed by atoms with Gasteiger partial charge in [-0.25, -0.2) is 9.59 Å². The number of carboxylic acid groups (broad SMARTS) is 1. The van der Waals surface area contributed by atoms with Crippen LogP contribution in [0.1, 0.15) is 47.0 Å². The van der Waals surface area contributed by atoms with Crippen molar-refractivity contribution < 1.29 is 24.2 Å². The van der Waals surface area contributed by atoms with Gasteiger partial charge in [-0.3, -0.25) is 4.79 Å². The quantitative estimate of drug-likeness (QED) is 0.612. The molecule has 0 spiro atoms. The Labute approximate surface area is 119 Å². The maximum Gasteiger partial charge on any atom is 0.408 e. The van der Waals surface area contributed by atoms with E-state index >= 15 is 0 Å². The number of ether oxygens (including phenoxy) is 1. The maximum atomic E-state index is 11.5. The zero-order valence-electron chi connectivity index (χ0n) is 12.5. The van der Waals surface area contributed by atoms with Gasteiger partial charge in [-0.15, -0.1) is 0 Å². The molecule has 0 aromatic carbocycles. The zero-order chi connectivity index (χ0) is 15.8. The molecular weight excluding hydrogens is 264 g/mol. The van der Waals surface area contributed by atoms with Crippen molar-refractivity contribution in [2.75, 3.05) is 6.54 Å². The van der Waals surface area contributed by atoms with Crippen molar-refractivity contribution >= 4 is 18.0 Å². The summed E-state index contributed by atoms with van der Waals surface area (Å²) in [5.74, 6) is -1.22. The molecule has 0 radical (unpaired) electrons. The number of aliphatic carboxylic acids is 1. The molecule has 7 nitrogen and oxygen atoms in total. The number of carboxylic acids is 1. The molecule has 0 aromatic heterocycles. The normalized spacial score (nSPS) is 12.4. The fourth-order valence-corrected chi connectivity index (χ4v) is 1.45. The van der Waals surface area contributed by atoms with E-state index in [1.807, 2.05) is 0 Å². The second-order valence-electron chi connectivity index (χ2n) is 5.52. The highest BCUT2D eigenvalue weighted by Crippen LogP contribution is 2.08.